The van der Waals surface area contributed by atoms with Gasteiger partial charge in [0.05, 0.1) is 26.4 Å². The van der Waals surface area contributed by atoms with Crippen LogP contribution in [-0.4, -0.2) is 26.4 Å². The molecule has 4 nitrogen and oxygen atoms in total. The van der Waals surface area contributed by atoms with Crippen LogP contribution in [0.15, 0.2) is 61.2 Å². The van der Waals surface area contributed by atoms with E-state index in [1.807, 2.05) is 49.4 Å². The molecule has 1 saturated heterocycles. The molecule has 1 aliphatic heterocycles. The first-order chi connectivity index (χ1) is 15.8. The van der Waals surface area contributed by atoms with E-state index < -0.39 is 0 Å². The molecule has 1 fully saturated rings. The van der Waals surface area contributed by atoms with Crippen molar-refractivity contribution in [3.63, 3.8) is 0 Å². The summed E-state index contributed by atoms with van der Waals surface area (Å²) in [6.45, 7) is 8.49. The van der Waals surface area contributed by atoms with Crippen LogP contribution < -0.4 is 9.47 Å². The van der Waals surface area contributed by atoms with Gasteiger partial charge in [0, 0.05) is 11.5 Å². The monoisotopic (exact) mass is 438 g/mol. The summed E-state index contributed by atoms with van der Waals surface area (Å²) in [7, 11) is 0. The maximum absolute atomic E-state index is 6.01. The molecular formula is C28H38O4. The molecule has 0 unspecified atom stereocenters. The Hall–Kier alpha value is -2.30. The first-order valence-electron chi connectivity index (χ1n) is 12.1. The van der Waals surface area contributed by atoms with E-state index in [-0.39, 0.29) is 12.2 Å². The molecule has 4 heteroatoms. The highest BCUT2D eigenvalue weighted by Crippen LogP contribution is 2.31. The Morgan fingerprint density at radius 2 is 1.34 bits per heavy atom. The van der Waals surface area contributed by atoms with Crippen molar-refractivity contribution in [1.29, 1.82) is 0 Å². The van der Waals surface area contributed by atoms with Crippen LogP contribution in [0.2, 0.25) is 0 Å². The fourth-order valence-electron chi connectivity index (χ4n) is 3.90. The van der Waals surface area contributed by atoms with Gasteiger partial charge < -0.3 is 18.9 Å². The van der Waals surface area contributed by atoms with Gasteiger partial charge in [-0.2, -0.15) is 0 Å². The molecular weight excluding hydrogens is 400 g/mol. The van der Waals surface area contributed by atoms with Crippen LogP contribution in [0.4, 0.5) is 0 Å². The molecule has 0 amide bonds. The van der Waals surface area contributed by atoms with E-state index in [1.165, 1.54) is 37.7 Å². The van der Waals surface area contributed by atoms with Gasteiger partial charge in [0.1, 0.15) is 11.5 Å². The van der Waals surface area contributed by atoms with Gasteiger partial charge in [0.2, 0.25) is 0 Å². The van der Waals surface area contributed by atoms with Crippen LogP contribution in [0.5, 0.6) is 11.5 Å². The van der Waals surface area contributed by atoms with E-state index in [1.54, 1.807) is 0 Å². The molecule has 0 bridgehead atoms. The molecule has 32 heavy (non-hydrogen) atoms. The smallest absolute Gasteiger partial charge is 0.183 e. The molecule has 0 N–H and O–H groups in total. The summed E-state index contributed by atoms with van der Waals surface area (Å²) in [5, 5.41) is 0. The highest BCUT2D eigenvalue weighted by Gasteiger charge is 2.24. The molecule has 0 aliphatic carbocycles. The minimum atomic E-state index is -0.316. The minimum absolute atomic E-state index is 0.242. The van der Waals surface area contributed by atoms with Gasteiger partial charge in [-0.1, -0.05) is 56.0 Å². The zero-order valence-electron chi connectivity index (χ0n) is 19.5. The summed E-state index contributed by atoms with van der Waals surface area (Å²) >= 11 is 0. The Morgan fingerprint density at radius 3 is 1.97 bits per heavy atom. The fraction of sp³-hybridized carbons (Fsp3) is 0.500. The van der Waals surface area contributed by atoms with Gasteiger partial charge in [-0.3, -0.25) is 0 Å². The summed E-state index contributed by atoms with van der Waals surface area (Å²) < 4.78 is 23.4. The number of unbranched alkanes of at least 4 members (excludes halogenated alkanes) is 6. The SMILES string of the molecule is C=CCCCCCCCCOc1ccc(C2OCC(c3ccc(OCC)cc3)CO2)cc1. The minimum Gasteiger partial charge on any atom is -0.494 e. The Morgan fingerprint density at radius 1 is 0.781 bits per heavy atom. The number of hydrogen-bond acceptors (Lipinski definition) is 4. The van der Waals surface area contributed by atoms with Crippen molar-refractivity contribution in [2.75, 3.05) is 26.4 Å². The second kappa shape index (κ2) is 14.0. The molecule has 0 radical (unpaired) electrons. The molecule has 2 aromatic rings. The van der Waals surface area contributed by atoms with Crippen LogP contribution in [-0.2, 0) is 9.47 Å². The van der Waals surface area contributed by atoms with Crippen molar-refractivity contribution >= 4 is 0 Å². The molecule has 174 valence electrons. The van der Waals surface area contributed by atoms with Gasteiger partial charge in [0.15, 0.2) is 6.29 Å². The summed E-state index contributed by atoms with van der Waals surface area (Å²) in [4.78, 5) is 0. The first kappa shape index (κ1) is 24.3. The summed E-state index contributed by atoms with van der Waals surface area (Å²) in [5.74, 6) is 2.04. The molecule has 0 saturated carbocycles. The Kier molecular flexibility index (Phi) is 10.6. The average molecular weight is 439 g/mol. The van der Waals surface area contributed by atoms with E-state index in [0.717, 1.165) is 36.5 Å². The number of benzene rings is 2. The molecule has 0 atom stereocenters. The molecule has 2 aromatic carbocycles. The second-order valence-electron chi connectivity index (χ2n) is 8.31. The number of rotatable bonds is 14. The molecule has 0 spiro atoms. The second-order valence-corrected chi connectivity index (χ2v) is 8.31. The van der Waals surface area contributed by atoms with Gasteiger partial charge in [-0.25, -0.2) is 0 Å². The highest BCUT2D eigenvalue weighted by molar-refractivity contribution is 5.30. The van der Waals surface area contributed by atoms with E-state index in [4.69, 9.17) is 18.9 Å². The third kappa shape index (κ3) is 7.99. The topological polar surface area (TPSA) is 36.9 Å². The third-order valence-corrected chi connectivity index (χ3v) is 5.78. The molecule has 3 rings (SSSR count). The van der Waals surface area contributed by atoms with E-state index in [9.17, 15) is 0 Å². The zero-order valence-corrected chi connectivity index (χ0v) is 19.5. The summed E-state index contributed by atoms with van der Waals surface area (Å²) in [6.07, 6.45) is 10.3. The van der Waals surface area contributed by atoms with Crippen LogP contribution >= 0.6 is 0 Å². The van der Waals surface area contributed by atoms with Gasteiger partial charge in [-0.05, 0) is 56.0 Å². The van der Waals surface area contributed by atoms with Gasteiger partial charge in [0.25, 0.3) is 0 Å². The third-order valence-electron chi connectivity index (χ3n) is 5.78. The lowest BCUT2D eigenvalue weighted by Gasteiger charge is -2.30. The largest absolute Gasteiger partial charge is 0.494 e. The maximum atomic E-state index is 6.01. The first-order valence-corrected chi connectivity index (χ1v) is 12.1. The zero-order chi connectivity index (χ0) is 22.4. The van der Waals surface area contributed by atoms with Crippen molar-refractivity contribution in [1.82, 2.24) is 0 Å². The van der Waals surface area contributed by atoms with E-state index in [2.05, 4.69) is 18.7 Å². The Bertz CT molecular complexity index is 761. The standard InChI is InChI=1S/C28H38O4/c1-3-5-6-7-8-9-10-11-20-30-27-18-14-24(15-19-27)28-31-21-25(22-32-28)23-12-16-26(17-13-23)29-4-2/h3,12-19,25,28H,1,4-11,20-22H2,2H3. The number of allylic oxidation sites excluding steroid dienone is 1. The van der Waals surface area contributed by atoms with Gasteiger partial charge >= 0.3 is 0 Å². The van der Waals surface area contributed by atoms with Crippen molar-refractivity contribution < 1.29 is 18.9 Å². The molecule has 1 heterocycles. The van der Waals surface area contributed by atoms with Crippen LogP contribution in [0.25, 0.3) is 0 Å². The predicted molar refractivity (Wildman–Crippen MR) is 129 cm³/mol. The van der Waals surface area contributed by atoms with Gasteiger partial charge in [-0.15, -0.1) is 6.58 Å². The Labute approximate surface area is 193 Å². The quantitative estimate of drug-likeness (QED) is 0.231. The fourth-order valence-corrected chi connectivity index (χ4v) is 3.90. The summed E-state index contributed by atoms with van der Waals surface area (Å²) in [6, 6.07) is 16.3. The number of ether oxygens (including phenoxy) is 4. The average Bonchev–Trinajstić information content (AvgIpc) is 2.84. The van der Waals surface area contributed by atoms with Crippen molar-refractivity contribution in [2.45, 2.75) is 64.1 Å². The van der Waals surface area contributed by atoms with Crippen molar-refractivity contribution in [2.24, 2.45) is 0 Å². The predicted octanol–water partition coefficient (Wildman–Crippen LogP) is 7.21. The van der Waals surface area contributed by atoms with Crippen molar-refractivity contribution in [3.8, 4) is 11.5 Å². The lowest BCUT2D eigenvalue weighted by atomic mass is 10.00. The normalized spacial score (nSPS) is 18.3. The highest BCUT2D eigenvalue weighted by atomic mass is 16.7. The van der Waals surface area contributed by atoms with Crippen molar-refractivity contribution in [3.05, 3.63) is 72.3 Å². The van der Waals surface area contributed by atoms with E-state index >= 15 is 0 Å². The maximum Gasteiger partial charge on any atom is 0.183 e. The van der Waals surface area contributed by atoms with E-state index in [0.29, 0.717) is 19.8 Å². The lowest BCUT2D eigenvalue weighted by molar-refractivity contribution is -0.191. The Balaban J connectivity index is 1.33. The summed E-state index contributed by atoms with van der Waals surface area (Å²) in [5.41, 5.74) is 2.24. The molecule has 0 aromatic heterocycles. The lowest BCUT2D eigenvalue weighted by Crippen LogP contribution is -2.25. The number of hydrogen-bond donors (Lipinski definition) is 0. The van der Waals surface area contributed by atoms with Crippen LogP contribution in [0.3, 0.4) is 0 Å². The van der Waals surface area contributed by atoms with Crippen LogP contribution in [0.1, 0.15) is 75.2 Å². The molecule has 1 aliphatic rings. The van der Waals surface area contributed by atoms with Crippen LogP contribution in [0, 0.1) is 0 Å².